The van der Waals surface area contributed by atoms with Crippen LogP contribution < -0.4 is 5.73 Å². The fourth-order valence-electron chi connectivity index (χ4n) is 2.75. The molecule has 3 rings (SSSR count). The fraction of sp³-hybridized carbons (Fsp3) is 0.462. The van der Waals surface area contributed by atoms with Crippen molar-refractivity contribution in [3.8, 4) is 11.4 Å². The zero-order chi connectivity index (χ0) is 14.3. The van der Waals surface area contributed by atoms with E-state index in [0.717, 1.165) is 25.3 Å². The van der Waals surface area contributed by atoms with E-state index in [2.05, 4.69) is 22.4 Å². The first-order valence-corrected chi connectivity index (χ1v) is 6.59. The van der Waals surface area contributed by atoms with Crippen molar-refractivity contribution in [2.45, 2.75) is 32.2 Å². The summed E-state index contributed by atoms with van der Waals surface area (Å²) >= 11 is 0. The van der Waals surface area contributed by atoms with E-state index in [4.69, 9.17) is 5.73 Å². The number of nitrogens with two attached hydrogens (primary N) is 1. The van der Waals surface area contributed by atoms with Gasteiger partial charge in [-0.05, 0) is 41.7 Å². The molecule has 1 aliphatic rings. The van der Waals surface area contributed by atoms with Crippen LogP contribution in [0.4, 0.5) is 14.5 Å². The molecule has 0 radical (unpaired) electrons. The molecule has 7 heteroatoms. The summed E-state index contributed by atoms with van der Waals surface area (Å²) in [6, 6.07) is 2.16. The molecule has 2 aromatic rings. The Kier molecular flexibility index (Phi) is 3.11. The molecule has 1 aliphatic carbocycles. The highest BCUT2D eigenvalue weighted by Crippen LogP contribution is 2.36. The van der Waals surface area contributed by atoms with Crippen LogP contribution in [0.3, 0.4) is 0 Å². The highest BCUT2D eigenvalue weighted by Gasteiger charge is 2.27. The summed E-state index contributed by atoms with van der Waals surface area (Å²) in [7, 11) is 0. The minimum absolute atomic E-state index is 0.115. The maximum absolute atomic E-state index is 13.9. The van der Waals surface area contributed by atoms with E-state index >= 15 is 0 Å². The molecule has 5 nitrogen and oxygen atoms in total. The Balaban J connectivity index is 2.03. The average Bonchev–Trinajstić information content (AvgIpc) is 3.02. The van der Waals surface area contributed by atoms with Crippen LogP contribution in [0, 0.1) is 17.6 Å². The number of anilines is 1. The van der Waals surface area contributed by atoms with E-state index < -0.39 is 11.6 Å². The Morgan fingerprint density at radius 2 is 2.05 bits per heavy atom. The van der Waals surface area contributed by atoms with E-state index in [-0.39, 0.29) is 17.3 Å². The summed E-state index contributed by atoms with van der Waals surface area (Å²) in [4.78, 5) is 0. The first-order chi connectivity index (χ1) is 9.56. The summed E-state index contributed by atoms with van der Waals surface area (Å²) < 4.78 is 28.8. The van der Waals surface area contributed by atoms with Gasteiger partial charge in [-0.15, -0.1) is 5.10 Å². The number of hydrogen-bond donors (Lipinski definition) is 1. The number of halogens is 2. The molecule has 2 N–H and O–H groups in total. The van der Waals surface area contributed by atoms with E-state index in [1.807, 2.05) is 0 Å². The molecule has 1 fully saturated rings. The van der Waals surface area contributed by atoms with Crippen LogP contribution in [0.5, 0.6) is 0 Å². The van der Waals surface area contributed by atoms with Gasteiger partial charge in [0.25, 0.3) is 0 Å². The van der Waals surface area contributed by atoms with Gasteiger partial charge >= 0.3 is 0 Å². The van der Waals surface area contributed by atoms with Crippen molar-refractivity contribution < 1.29 is 8.78 Å². The lowest BCUT2D eigenvalue weighted by molar-refractivity contribution is 0.442. The SMILES string of the molecule is CC1CCC(n2nnnc2-c2cc(N)c(F)cc2F)C1. The Morgan fingerprint density at radius 1 is 1.25 bits per heavy atom. The number of hydrogen-bond acceptors (Lipinski definition) is 4. The second kappa shape index (κ2) is 4.81. The van der Waals surface area contributed by atoms with Crippen LogP contribution in [0.2, 0.25) is 0 Å². The lowest BCUT2D eigenvalue weighted by atomic mass is 10.1. The van der Waals surface area contributed by atoms with Gasteiger partial charge < -0.3 is 5.73 Å². The Morgan fingerprint density at radius 3 is 2.75 bits per heavy atom. The topological polar surface area (TPSA) is 69.6 Å². The maximum atomic E-state index is 13.9. The minimum Gasteiger partial charge on any atom is -0.396 e. The van der Waals surface area contributed by atoms with E-state index in [1.54, 1.807) is 4.68 Å². The van der Waals surface area contributed by atoms with Gasteiger partial charge in [0.1, 0.15) is 11.6 Å². The average molecular weight is 279 g/mol. The number of nitrogens with zero attached hydrogens (tertiary/aromatic N) is 4. The molecule has 20 heavy (non-hydrogen) atoms. The molecular weight excluding hydrogens is 264 g/mol. The molecule has 1 aromatic heterocycles. The number of rotatable bonds is 2. The maximum Gasteiger partial charge on any atom is 0.185 e. The summed E-state index contributed by atoms with van der Waals surface area (Å²) in [6.45, 7) is 2.17. The number of tetrazole rings is 1. The van der Waals surface area contributed by atoms with Crippen molar-refractivity contribution in [3.05, 3.63) is 23.8 Å². The lowest BCUT2D eigenvalue weighted by Gasteiger charge is -2.12. The van der Waals surface area contributed by atoms with Crippen molar-refractivity contribution in [1.29, 1.82) is 0 Å². The molecule has 2 atom stereocenters. The fourth-order valence-corrected chi connectivity index (χ4v) is 2.75. The van der Waals surface area contributed by atoms with Gasteiger partial charge in [0.2, 0.25) is 0 Å². The van der Waals surface area contributed by atoms with Crippen molar-refractivity contribution in [1.82, 2.24) is 20.2 Å². The molecule has 0 spiro atoms. The second-order valence-electron chi connectivity index (χ2n) is 5.37. The molecule has 0 bridgehead atoms. The summed E-state index contributed by atoms with van der Waals surface area (Å²) in [5, 5.41) is 11.5. The number of benzene rings is 1. The Bertz CT molecular complexity index is 640. The van der Waals surface area contributed by atoms with Crippen LogP contribution in [0.25, 0.3) is 11.4 Å². The third kappa shape index (κ3) is 2.13. The van der Waals surface area contributed by atoms with Crippen molar-refractivity contribution in [2.75, 3.05) is 5.73 Å². The predicted molar refractivity (Wildman–Crippen MR) is 69.6 cm³/mol. The zero-order valence-corrected chi connectivity index (χ0v) is 11.1. The molecular formula is C13H15F2N5. The molecule has 106 valence electrons. The summed E-state index contributed by atoms with van der Waals surface area (Å²) in [6.07, 6.45) is 3.01. The highest BCUT2D eigenvalue weighted by atomic mass is 19.1. The molecule has 0 saturated heterocycles. The standard InChI is InChI=1S/C13H15F2N5/c1-7-2-3-8(4-7)20-13(17-18-19-20)9-5-12(16)11(15)6-10(9)14/h5-8H,2-4,16H2,1H3. The monoisotopic (exact) mass is 279 g/mol. The van der Waals surface area contributed by atoms with Crippen LogP contribution in [0.15, 0.2) is 12.1 Å². The van der Waals surface area contributed by atoms with Gasteiger partial charge in [-0.1, -0.05) is 6.92 Å². The van der Waals surface area contributed by atoms with E-state index in [1.165, 1.54) is 6.07 Å². The van der Waals surface area contributed by atoms with Gasteiger partial charge in [0.15, 0.2) is 5.82 Å². The van der Waals surface area contributed by atoms with Crippen molar-refractivity contribution in [3.63, 3.8) is 0 Å². The van der Waals surface area contributed by atoms with Crippen LogP contribution in [0.1, 0.15) is 32.2 Å². The van der Waals surface area contributed by atoms with Gasteiger partial charge in [0, 0.05) is 6.07 Å². The zero-order valence-electron chi connectivity index (χ0n) is 11.1. The quantitative estimate of drug-likeness (QED) is 0.858. The minimum atomic E-state index is -0.778. The predicted octanol–water partition coefficient (Wildman–Crippen LogP) is 2.56. The second-order valence-corrected chi connectivity index (χ2v) is 5.37. The van der Waals surface area contributed by atoms with Gasteiger partial charge in [-0.3, -0.25) is 0 Å². The first kappa shape index (κ1) is 13.0. The molecule has 0 amide bonds. The third-order valence-electron chi connectivity index (χ3n) is 3.83. The number of nitrogen functional groups attached to an aromatic ring is 1. The highest BCUT2D eigenvalue weighted by molar-refractivity contribution is 5.62. The van der Waals surface area contributed by atoms with Crippen molar-refractivity contribution in [2.24, 2.45) is 5.92 Å². The van der Waals surface area contributed by atoms with Gasteiger partial charge in [0.05, 0.1) is 17.3 Å². The van der Waals surface area contributed by atoms with Gasteiger partial charge in [-0.2, -0.15) is 0 Å². The van der Waals surface area contributed by atoms with Gasteiger partial charge in [-0.25, -0.2) is 13.5 Å². The lowest BCUT2D eigenvalue weighted by Crippen LogP contribution is -2.10. The first-order valence-electron chi connectivity index (χ1n) is 6.59. The Hall–Kier alpha value is -2.05. The molecule has 1 heterocycles. The van der Waals surface area contributed by atoms with Crippen LogP contribution in [-0.2, 0) is 0 Å². The molecule has 2 unspecified atom stereocenters. The Labute approximate surface area is 114 Å². The largest absolute Gasteiger partial charge is 0.396 e. The summed E-state index contributed by atoms with van der Waals surface area (Å²) in [5.41, 5.74) is 5.52. The molecule has 0 aliphatic heterocycles. The molecule has 1 aromatic carbocycles. The number of aromatic nitrogens is 4. The third-order valence-corrected chi connectivity index (χ3v) is 3.83. The normalized spacial score (nSPS) is 22.4. The van der Waals surface area contributed by atoms with Crippen molar-refractivity contribution >= 4 is 5.69 Å². The van der Waals surface area contributed by atoms with Crippen LogP contribution >= 0.6 is 0 Å². The summed E-state index contributed by atoms with van der Waals surface area (Å²) in [5.74, 6) is -0.591. The van der Waals surface area contributed by atoms with E-state index in [0.29, 0.717) is 11.7 Å². The van der Waals surface area contributed by atoms with Crippen LogP contribution in [-0.4, -0.2) is 20.2 Å². The molecule has 1 saturated carbocycles. The smallest absolute Gasteiger partial charge is 0.185 e. The van der Waals surface area contributed by atoms with E-state index in [9.17, 15) is 8.78 Å².